The van der Waals surface area contributed by atoms with Gasteiger partial charge in [-0.25, -0.2) is 0 Å². The van der Waals surface area contributed by atoms with Crippen LogP contribution in [0.1, 0.15) is 5.56 Å². The van der Waals surface area contributed by atoms with Crippen molar-refractivity contribution in [3.05, 3.63) is 29.8 Å². The summed E-state index contributed by atoms with van der Waals surface area (Å²) in [4.78, 5) is 35.3. The third-order valence-electron chi connectivity index (χ3n) is 2.65. The Morgan fingerprint density at radius 1 is 1.32 bits per heavy atom. The first-order valence-corrected chi connectivity index (χ1v) is 5.84. The number of hydrogen-bond donors (Lipinski definition) is 1. The summed E-state index contributed by atoms with van der Waals surface area (Å²) < 4.78 is 5.34. The Hall–Kier alpha value is -2.37. The molecule has 1 aliphatic heterocycles. The van der Waals surface area contributed by atoms with Crippen molar-refractivity contribution in [2.45, 2.75) is 6.92 Å². The predicted octanol–water partition coefficient (Wildman–Crippen LogP) is -0.141. The van der Waals surface area contributed by atoms with E-state index >= 15 is 0 Å². The SMILES string of the molecule is Cc1cccc(OCC(=O)N2CC(=O)NC(=O)C2)c1. The molecule has 1 aromatic carbocycles. The predicted molar refractivity (Wildman–Crippen MR) is 66.4 cm³/mol. The summed E-state index contributed by atoms with van der Waals surface area (Å²) in [5, 5.41) is 2.13. The molecule has 1 aliphatic rings. The van der Waals surface area contributed by atoms with E-state index in [0.29, 0.717) is 5.75 Å². The molecule has 0 aromatic heterocycles. The molecule has 1 fully saturated rings. The maximum absolute atomic E-state index is 11.8. The minimum absolute atomic E-state index is 0.109. The number of carbonyl (C=O) groups is 3. The number of piperazine rings is 1. The maximum atomic E-state index is 11.8. The van der Waals surface area contributed by atoms with Gasteiger partial charge in [-0.15, -0.1) is 0 Å². The van der Waals surface area contributed by atoms with Crippen LogP contribution in [0.3, 0.4) is 0 Å². The van der Waals surface area contributed by atoms with Crippen molar-refractivity contribution in [3.8, 4) is 5.75 Å². The Morgan fingerprint density at radius 3 is 2.63 bits per heavy atom. The number of rotatable bonds is 3. The molecule has 100 valence electrons. The Bertz CT molecular complexity index is 511. The Kier molecular flexibility index (Phi) is 3.79. The van der Waals surface area contributed by atoms with E-state index < -0.39 is 11.8 Å². The highest BCUT2D eigenvalue weighted by Gasteiger charge is 2.26. The van der Waals surface area contributed by atoms with E-state index in [4.69, 9.17) is 4.74 Å². The lowest BCUT2D eigenvalue weighted by atomic mass is 10.2. The van der Waals surface area contributed by atoms with Crippen LogP contribution in [0, 0.1) is 6.92 Å². The second kappa shape index (κ2) is 5.51. The number of imide groups is 1. The van der Waals surface area contributed by atoms with Crippen LogP contribution >= 0.6 is 0 Å². The van der Waals surface area contributed by atoms with Gasteiger partial charge in [0.05, 0.1) is 0 Å². The van der Waals surface area contributed by atoms with Crippen LogP contribution in [0.25, 0.3) is 0 Å². The van der Waals surface area contributed by atoms with Crippen molar-refractivity contribution >= 4 is 17.7 Å². The Morgan fingerprint density at radius 2 is 2.00 bits per heavy atom. The summed E-state index contributed by atoms with van der Waals surface area (Å²) >= 11 is 0. The molecular weight excluding hydrogens is 248 g/mol. The first kappa shape index (κ1) is 13.1. The Labute approximate surface area is 110 Å². The van der Waals surface area contributed by atoms with E-state index in [1.165, 1.54) is 4.90 Å². The molecule has 6 nitrogen and oxygen atoms in total. The van der Waals surface area contributed by atoms with Crippen LogP contribution in [-0.4, -0.2) is 42.3 Å². The maximum Gasteiger partial charge on any atom is 0.261 e. The number of nitrogens with one attached hydrogen (secondary N) is 1. The van der Waals surface area contributed by atoms with Gasteiger partial charge in [-0.1, -0.05) is 12.1 Å². The number of hydrogen-bond acceptors (Lipinski definition) is 4. The summed E-state index contributed by atoms with van der Waals surface area (Å²) in [6.45, 7) is 1.51. The third-order valence-corrected chi connectivity index (χ3v) is 2.65. The van der Waals surface area contributed by atoms with E-state index in [2.05, 4.69) is 5.32 Å². The molecule has 0 aliphatic carbocycles. The van der Waals surface area contributed by atoms with Crippen LogP contribution in [0.5, 0.6) is 5.75 Å². The summed E-state index contributed by atoms with van der Waals surface area (Å²) in [5.74, 6) is -0.744. The minimum atomic E-state index is -0.472. The highest BCUT2D eigenvalue weighted by molar-refractivity contribution is 6.02. The number of nitrogens with zero attached hydrogens (tertiary/aromatic N) is 1. The van der Waals surface area contributed by atoms with E-state index in [9.17, 15) is 14.4 Å². The first-order valence-electron chi connectivity index (χ1n) is 5.84. The highest BCUT2D eigenvalue weighted by Crippen LogP contribution is 2.12. The number of amides is 3. The minimum Gasteiger partial charge on any atom is -0.484 e. The van der Waals surface area contributed by atoms with E-state index in [1.807, 2.05) is 19.1 Å². The lowest BCUT2D eigenvalue weighted by molar-refractivity contribution is -0.146. The standard InChI is InChI=1S/C13H14N2O4/c1-9-3-2-4-10(5-9)19-8-13(18)15-6-11(16)14-12(17)7-15/h2-5H,6-8H2,1H3,(H,14,16,17). The van der Waals surface area contributed by atoms with Crippen LogP contribution < -0.4 is 10.1 Å². The molecule has 0 spiro atoms. The molecule has 6 heteroatoms. The molecule has 0 radical (unpaired) electrons. The van der Waals surface area contributed by atoms with Gasteiger partial charge in [-0.2, -0.15) is 0 Å². The molecule has 0 atom stereocenters. The van der Waals surface area contributed by atoms with Gasteiger partial charge in [-0.3, -0.25) is 19.7 Å². The Balaban J connectivity index is 1.90. The zero-order valence-electron chi connectivity index (χ0n) is 10.5. The van der Waals surface area contributed by atoms with Crippen molar-refractivity contribution in [2.75, 3.05) is 19.7 Å². The smallest absolute Gasteiger partial charge is 0.261 e. The van der Waals surface area contributed by atoms with Crippen LogP contribution in [0.15, 0.2) is 24.3 Å². The third kappa shape index (κ3) is 3.54. The zero-order chi connectivity index (χ0) is 13.8. The molecule has 1 aromatic rings. The average Bonchev–Trinajstić information content (AvgIpc) is 2.35. The van der Waals surface area contributed by atoms with Gasteiger partial charge >= 0.3 is 0 Å². The average molecular weight is 262 g/mol. The highest BCUT2D eigenvalue weighted by atomic mass is 16.5. The van der Waals surface area contributed by atoms with Gasteiger partial charge in [0.2, 0.25) is 11.8 Å². The molecule has 2 rings (SSSR count). The van der Waals surface area contributed by atoms with Crippen molar-refractivity contribution < 1.29 is 19.1 Å². The topological polar surface area (TPSA) is 75.7 Å². The lowest BCUT2D eigenvalue weighted by Crippen LogP contribution is -2.54. The molecule has 1 N–H and O–H groups in total. The number of benzene rings is 1. The second-order valence-corrected chi connectivity index (χ2v) is 4.33. The van der Waals surface area contributed by atoms with Crippen molar-refractivity contribution in [2.24, 2.45) is 0 Å². The van der Waals surface area contributed by atoms with E-state index in [-0.39, 0.29) is 25.6 Å². The molecule has 1 saturated heterocycles. The zero-order valence-corrected chi connectivity index (χ0v) is 10.5. The normalized spacial score (nSPS) is 15.1. The van der Waals surface area contributed by atoms with E-state index in [1.54, 1.807) is 12.1 Å². The van der Waals surface area contributed by atoms with Gasteiger partial charge in [0.25, 0.3) is 5.91 Å². The molecule has 1 heterocycles. The van der Waals surface area contributed by atoms with E-state index in [0.717, 1.165) is 5.56 Å². The van der Waals surface area contributed by atoms with Crippen LogP contribution in [0.4, 0.5) is 0 Å². The fourth-order valence-electron chi connectivity index (χ4n) is 1.75. The quantitative estimate of drug-likeness (QED) is 0.769. The molecule has 0 saturated carbocycles. The van der Waals surface area contributed by atoms with Crippen LogP contribution in [-0.2, 0) is 14.4 Å². The second-order valence-electron chi connectivity index (χ2n) is 4.33. The molecule has 19 heavy (non-hydrogen) atoms. The fraction of sp³-hybridized carbons (Fsp3) is 0.308. The monoisotopic (exact) mass is 262 g/mol. The van der Waals surface area contributed by atoms with Crippen molar-refractivity contribution in [3.63, 3.8) is 0 Å². The molecule has 0 unspecified atom stereocenters. The van der Waals surface area contributed by atoms with Crippen molar-refractivity contribution in [1.82, 2.24) is 10.2 Å². The first-order chi connectivity index (χ1) is 9.04. The summed E-state index contributed by atoms with van der Waals surface area (Å²) in [7, 11) is 0. The van der Waals surface area contributed by atoms with Gasteiger partial charge in [0, 0.05) is 0 Å². The largest absolute Gasteiger partial charge is 0.484 e. The number of ether oxygens (including phenoxy) is 1. The lowest BCUT2D eigenvalue weighted by Gasteiger charge is -2.25. The number of aryl methyl sites for hydroxylation is 1. The van der Waals surface area contributed by atoms with Crippen LogP contribution in [0.2, 0.25) is 0 Å². The number of carbonyl (C=O) groups excluding carboxylic acids is 3. The summed E-state index contributed by atoms with van der Waals surface area (Å²) in [6, 6.07) is 7.30. The van der Waals surface area contributed by atoms with Crippen molar-refractivity contribution in [1.29, 1.82) is 0 Å². The molecule has 0 bridgehead atoms. The molecular formula is C13H14N2O4. The van der Waals surface area contributed by atoms with Gasteiger partial charge in [-0.05, 0) is 24.6 Å². The summed E-state index contributed by atoms with van der Waals surface area (Å²) in [6.07, 6.45) is 0. The van der Waals surface area contributed by atoms with Gasteiger partial charge < -0.3 is 9.64 Å². The fourth-order valence-corrected chi connectivity index (χ4v) is 1.75. The molecule has 3 amide bonds. The van der Waals surface area contributed by atoms with Gasteiger partial charge in [0.15, 0.2) is 6.61 Å². The summed E-state index contributed by atoms with van der Waals surface area (Å²) in [5.41, 5.74) is 1.03. The van der Waals surface area contributed by atoms with Gasteiger partial charge in [0.1, 0.15) is 18.8 Å².